The Kier molecular flexibility index (Phi) is 8.61. The number of nitrogens with one attached hydrogen (secondary N) is 1. The Balaban J connectivity index is 0. The minimum atomic E-state index is -1.37. The monoisotopic (exact) mass is 282 g/mol. The Bertz CT molecular complexity index is 244. The van der Waals surface area contributed by atoms with Gasteiger partial charge in [0.25, 0.3) is 0 Å². The normalized spacial score (nSPS) is 12.5. The fourth-order valence-electron chi connectivity index (χ4n) is 0.826. The third-order valence-electron chi connectivity index (χ3n) is 2.02. The van der Waals surface area contributed by atoms with E-state index in [9.17, 15) is 19.8 Å². The van der Waals surface area contributed by atoms with Crippen LogP contribution in [0.25, 0.3) is 0 Å². The molecule has 0 bridgehead atoms. The van der Waals surface area contributed by atoms with E-state index in [1.807, 2.05) is 0 Å². The molecule has 0 unspecified atom stereocenters. The van der Waals surface area contributed by atoms with Gasteiger partial charge in [-0.1, -0.05) is 13.8 Å². The average molecular weight is 284 g/mol. The molecule has 0 aliphatic rings. The second-order valence-corrected chi connectivity index (χ2v) is 3.96. The molecule has 3 N–H and O–H groups in total. The number of amides is 1. The van der Waals surface area contributed by atoms with Gasteiger partial charge >= 0.3 is 19.5 Å². The second kappa shape index (κ2) is 7.71. The first kappa shape index (κ1) is 17.9. The van der Waals surface area contributed by atoms with Crippen molar-refractivity contribution in [3.05, 3.63) is 0 Å². The molecule has 16 heavy (non-hydrogen) atoms. The maximum Gasteiger partial charge on any atom is 2.00 e. The van der Waals surface area contributed by atoms with E-state index in [0.29, 0.717) is 0 Å². The Labute approximate surface area is 107 Å². The molecule has 88 valence electrons. The summed E-state index contributed by atoms with van der Waals surface area (Å²) in [6.07, 6.45) is -1.68. The number of aliphatic hydroxyl groups excluding tert-OH is 2. The molecule has 0 heterocycles. The van der Waals surface area contributed by atoms with Crippen LogP contribution in [0, 0.1) is 5.41 Å². The van der Waals surface area contributed by atoms with Gasteiger partial charge in [0.2, 0.25) is 5.91 Å². The maximum absolute atomic E-state index is 11.2. The van der Waals surface area contributed by atoms with Gasteiger partial charge in [-0.25, -0.2) is 0 Å². The molecule has 0 aromatic rings. The molecule has 0 rings (SSSR count). The molecule has 1 amide bonds. The first-order valence-electron chi connectivity index (χ1n) is 4.57. The number of rotatable bonds is 6. The van der Waals surface area contributed by atoms with Crippen LogP contribution in [0.3, 0.4) is 0 Å². The molecule has 0 fully saturated rings. The fraction of sp³-hybridized carbons (Fsp3) is 0.778. The summed E-state index contributed by atoms with van der Waals surface area (Å²) >= 11 is 0. The maximum atomic E-state index is 11.2. The number of carboxylic acids is 1. The molecule has 7 heteroatoms. The van der Waals surface area contributed by atoms with Crippen molar-refractivity contribution in [2.24, 2.45) is 5.41 Å². The van der Waals surface area contributed by atoms with Crippen LogP contribution in [0.5, 0.6) is 0 Å². The third kappa shape index (κ3) is 6.15. The van der Waals surface area contributed by atoms with E-state index in [-0.39, 0.29) is 39.1 Å². The molecule has 0 aromatic heterocycles. The molecule has 0 radical (unpaired) electrons. The predicted molar refractivity (Wildman–Crippen MR) is 49.5 cm³/mol. The summed E-state index contributed by atoms with van der Waals surface area (Å²) in [4.78, 5) is 21.3. The zero-order valence-corrected chi connectivity index (χ0v) is 12.5. The Hall–Kier alpha value is -0.517. The molecule has 0 aliphatic carbocycles. The second-order valence-electron chi connectivity index (χ2n) is 3.96. The summed E-state index contributed by atoms with van der Waals surface area (Å²) in [5, 5.41) is 30.6. The molecule has 0 aliphatic heterocycles. The summed E-state index contributed by atoms with van der Waals surface area (Å²) < 4.78 is 0. The SMILES string of the molecule is CC(C)(CO)[C@@H](O)C(=O)NCCC(=O)[O-].[Zn+2]. The van der Waals surface area contributed by atoms with E-state index in [1.165, 1.54) is 13.8 Å². The molecule has 6 nitrogen and oxygen atoms in total. The fourth-order valence-corrected chi connectivity index (χ4v) is 0.826. The number of carbonyl (C=O) groups excluding carboxylic acids is 2. The quantitative estimate of drug-likeness (QED) is 0.472. The summed E-state index contributed by atoms with van der Waals surface area (Å²) in [6, 6.07) is 0. The topological polar surface area (TPSA) is 110 Å². The molecule has 0 saturated heterocycles. The van der Waals surface area contributed by atoms with E-state index >= 15 is 0 Å². The zero-order valence-electron chi connectivity index (χ0n) is 9.52. The van der Waals surface area contributed by atoms with E-state index < -0.39 is 23.4 Å². The van der Waals surface area contributed by atoms with Crippen molar-refractivity contribution >= 4 is 11.9 Å². The van der Waals surface area contributed by atoms with Crippen LogP contribution in [0.1, 0.15) is 20.3 Å². The van der Waals surface area contributed by atoms with Crippen molar-refractivity contribution in [3.8, 4) is 0 Å². The molecule has 0 saturated carbocycles. The summed E-state index contributed by atoms with van der Waals surface area (Å²) in [5.41, 5.74) is -0.953. The molecule has 1 atom stereocenters. The minimum absolute atomic E-state index is 0. The van der Waals surface area contributed by atoms with Crippen molar-refractivity contribution in [1.29, 1.82) is 0 Å². The van der Waals surface area contributed by atoms with Gasteiger partial charge in [0.05, 0.1) is 6.61 Å². The first-order chi connectivity index (χ1) is 6.81. The van der Waals surface area contributed by atoms with Crippen LogP contribution in [0.4, 0.5) is 0 Å². The van der Waals surface area contributed by atoms with Crippen LogP contribution >= 0.6 is 0 Å². The third-order valence-corrected chi connectivity index (χ3v) is 2.02. The molecular formula is C9H16NO5Zn+. The zero-order chi connectivity index (χ0) is 12.1. The van der Waals surface area contributed by atoms with Crippen molar-refractivity contribution in [1.82, 2.24) is 5.32 Å². The van der Waals surface area contributed by atoms with Crippen LogP contribution in [-0.4, -0.2) is 41.3 Å². The molecule has 0 spiro atoms. The van der Waals surface area contributed by atoms with Gasteiger partial charge in [0.15, 0.2) is 0 Å². The number of aliphatic hydroxyl groups is 2. The molecular weight excluding hydrogens is 267 g/mol. The van der Waals surface area contributed by atoms with E-state index in [2.05, 4.69) is 5.32 Å². The van der Waals surface area contributed by atoms with E-state index in [0.717, 1.165) is 0 Å². The van der Waals surface area contributed by atoms with Crippen LogP contribution in [-0.2, 0) is 29.1 Å². The standard InChI is InChI=1S/C9H17NO5.Zn/c1-9(2,5-11)7(14)8(15)10-4-3-6(12)13;/h7,11,14H,3-5H2,1-2H3,(H,10,15)(H,12,13);/q;+2/p-1/t7-;/m0./s1. The Morgan fingerprint density at radius 1 is 1.44 bits per heavy atom. The molecule has 0 aromatic carbocycles. The summed E-state index contributed by atoms with van der Waals surface area (Å²) in [7, 11) is 0. The number of aliphatic carboxylic acids is 1. The van der Waals surface area contributed by atoms with Gasteiger partial charge < -0.3 is 25.4 Å². The van der Waals surface area contributed by atoms with Gasteiger partial charge in [-0.05, 0) is 0 Å². The smallest absolute Gasteiger partial charge is 0.550 e. The average Bonchev–Trinajstić information content (AvgIpc) is 2.15. The van der Waals surface area contributed by atoms with Gasteiger partial charge in [0, 0.05) is 24.3 Å². The largest absolute Gasteiger partial charge is 2.00 e. The van der Waals surface area contributed by atoms with Crippen molar-refractivity contribution in [2.75, 3.05) is 13.2 Å². The summed E-state index contributed by atoms with van der Waals surface area (Å²) in [5.74, 6) is -1.97. The summed E-state index contributed by atoms with van der Waals surface area (Å²) in [6.45, 7) is 2.60. The van der Waals surface area contributed by atoms with Gasteiger partial charge in [-0.2, -0.15) is 0 Å². The number of hydrogen-bond donors (Lipinski definition) is 3. The number of carbonyl (C=O) groups is 2. The Morgan fingerprint density at radius 3 is 2.31 bits per heavy atom. The van der Waals surface area contributed by atoms with E-state index in [1.54, 1.807) is 0 Å². The first-order valence-corrected chi connectivity index (χ1v) is 4.57. The number of hydrogen-bond acceptors (Lipinski definition) is 5. The Morgan fingerprint density at radius 2 is 1.94 bits per heavy atom. The van der Waals surface area contributed by atoms with Crippen molar-refractivity contribution < 1.29 is 44.4 Å². The number of carboxylic acid groups (broad SMARTS) is 1. The van der Waals surface area contributed by atoms with E-state index in [4.69, 9.17) is 5.11 Å². The van der Waals surface area contributed by atoms with Gasteiger partial charge in [-0.15, -0.1) is 0 Å². The van der Waals surface area contributed by atoms with Gasteiger partial charge in [-0.3, -0.25) is 4.79 Å². The van der Waals surface area contributed by atoms with Gasteiger partial charge in [0.1, 0.15) is 6.10 Å². The van der Waals surface area contributed by atoms with Crippen LogP contribution < -0.4 is 10.4 Å². The van der Waals surface area contributed by atoms with Crippen LogP contribution in [0.15, 0.2) is 0 Å². The minimum Gasteiger partial charge on any atom is -0.550 e. The predicted octanol–water partition coefficient (Wildman–Crippen LogP) is -2.38. The van der Waals surface area contributed by atoms with Crippen molar-refractivity contribution in [2.45, 2.75) is 26.4 Å². The van der Waals surface area contributed by atoms with Crippen molar-refractivity contribution in [3.63, 3.8) is 0 Å². The van der Waals surface area contributed by atoms with Crippen LogP contribution in [0.2, 0.25) is 0 Å².